The van der Waals surface area contributed by atoms with Crippen molar-refractivity contribution in [2.45, 2.75) is 97.3 Å². The monoisotopic (exact) mass is 353 g/mol. The molecule has 25 heavy (non-hydrogen) atoms. The highest BCUT2D eigenvalue weighted by Crippen LogP contribution is 2.29. The lowest BCUT2D eigenvalue weighted by molar-refractivity contribution is 0.0436. The van der Waals surface area contributed by atoms with Gasteiger partial charge >= 0.3 is 6.09 Å². The molecule has 0 aromatic carbocycles. The quantitative estimate of drug-likeness (QED) is 0.600. The van der Waals surface area contributed by atoms with Crippen LogP contribution in [0.1, 0.15) is 79.6 Å². The summed E-state index contributed by atoms with van der Waals surface area (Å²) in [6, 6.07) is -0.0610. The minimum atomic E-state index is -0.514. The molecule has 0 bridgehead atoms. The molecule has 0 aromatic rings. The van der Waals surface area contributed by atoms with Gasteiger partial charge in [0.05, 0.1) is 6.10 Å². The molecule has 0 unspecified atom stereocenters. The molecule has 0 spiro atoms. The molecular formula is C21H39NO3. The molecule has 1 aliphatic carbocycles. The van der Waals surface area contributed by atoms with Crippen molar-refractivity contribution >= 4 is 6.09 Å². The van der Waals surface area contributed by atoms with E-state index in [1.54, 1.807) is 0 Å². The summed E-state index contributed by atoms with van der Waals surface area (Å²) in [5.74, 6) is 0.987. The number of hydrogen-bond acceptors (Lipinski definition) is 3. The second-order valence-corrected chi connectivity index (χ2v) is 8.94. The number of aliphatic hydroxyl groups is 1. The molecule has 3 atom stereocenters. The number of carbonyl (C=O) groups is 1. The van der Waals surface area contributed by atoms with Crippen LogP contribution in [0.4, 0.5) is 4.79 Å². The van der Waals surface area contributed by atoms with Crippen LogP contribution in [0.5, 0.6) is 0 Å². The lowest BCUT2D eigenvalue weighted by Gasteiger charge is -2.31. The van der Waals surface area contributed by atoms with Crippen LogP contribution in [0.15, 0.2) is 12.7 Å². The summed E-state index contributed by atoms with van der Waals surface area (Å²) in [4.78, 5) is 12.2. The van der Waals surface area contributed by atoms with Gasteiger partial charge in [0.15, 0.2) is 0 Å². The van der Waals surface area contributed by atoms with Crippen molar-refractivity contribution in [2.24, 2.45) is 17.8 Å². The minimum absolute atomic E-state index is 0.0364. The van der Waals surface area contributed by atoms with Crippen molar-refractivity contribution in [2.75, 3.05) is 0 Å². The molecule has 1 saturated carbocycles. The number of alkyl carbamates (subject to hydrolysis) is 1. The Morgan fingerprint density at radius 3 is 2.36 bits per heavy atom. The third-order valence-electron chi connectivity index (χ3n) is 5.08. The molecule has 0 aliphatic heterocycles. The van der Waals surface area contributed by atoms with Crippen molar-refractivity contribution < 1.29 is 14.6 Å². The lowest BCUT2D eigenvalue weighted by atomic mass is 9.81. The number of nitrogens with one attached hydrogen (secondary N) is 1. The van der Waals surface area contributed by atoms with E-state index in [-0.39, 0.29) is 18.1 Å². The van der Waals surface area contributed by atoms with Gasteiger partial charge in [0.2, 0.25) is 0 Å². The standard InChI is InChI=1S/C21H39NO3/c1-7-18(15(2)3)19(23)14-17(13-16-11-9-8-10-12-16)22-20(24)25-21(4,5)6/h7,15-19,23H,1,8-14H2,2-6H3,(H,22,24)/t17-,18-,19-/m0/s1. The Morgan fingerprint density at radius 1 is 1.28 bits per heavy atom. The largest absolute Gasteiger partial charge is 0.444 e. The molecule has 0 aromatic heterocycles. The fourth-order valence-corrected chi connectivity index (χ4v) is 3.84. The lowest BCUT2D eigenvalue weighted by Crippen LogP contribution is -2.43. The molecule has 0 saturated heterocycles. The average molecular weight is 354 g/mol. The first-order valence-electron chi connectivity index (χ1n) is 9.92. The van der Waals surface area contributed by atoms with Gasteiger partial charge in [-0.15, -0.1) is 6.58 Å². The van der Waals surface area contributed by atoms with Crippen LogP contribution in [0, 0.1) is 17.8 Å². The zero-order valence-corrected chi connectivity index (χ0v) is 16.9. The SMILES string of the molecule is C=C[C@@H](C(C)C)[C@@H](O)C[C@H](CC1CCCCC1)NC(=O)OC(C)(C)C. The molecule has 4 heteroatoms. The minimum Gasteiger partial charge on any atom is -0.444 e. The van der Waals surface area contributed by atoms with Gasteiger partial charge < -0.3 is 15.2 Å². The number of carbonyl (C=O) groups excluding carboxylic acids is 1. The maximum atomic E-state index is 12.2. The maximum Gasteiger partial charge on any atom is 0.407 e. The Bertz CT molecular complexity index is 408. The van der Waals surface area contributed by atoms with E-state index in [2.05, 4.69) is 25.7 Å². The predicted molar refractivity (Wildman–Crippen MR) is 103 cm³/mol. The Hall–Kier alpha value is -1.03. The van der Waals surface area contributed by atoms with Gasteiger partial charge in [-0.05, 0) is 45.4 Å². The highest BCUT2D eigenvalue weighted by atomic mass is 16.6. The zero-order chi connectivity index (χ0) is 19.0. The van der Waals surface area contributed by atoms with Crippen LogP contribution in [0.25, 0.3) is 0 Å². The average Bonchev–Trinajstić information content (AvgIpc) is 2.46. The summed E-state index contributed by atoms with van der Waals surface area (Å²) in [7, 11) is 0. The fourth-order valence-electron chi connectivity index (χ4n) is 3.84. The highest BCUT2D eigenvalue weighted by molar-refractivity contribution is 5.68. The summed E-state index contributed by atoms with van der Waals surface area (Å²) < 4.78 is 5.42. The summed E-state index contributed by atoms with van der Waals surface area (Å²) in [5.41, 5.74) is -0.514. The Morgan fingerprint density at radius 2 is 1.88 bits per heavy atom. The van der Waals surface area contributed by atoms with Gasteiger partial charge in [0.25, 0.3) is 0 Å². The first kappa shape index (κ1) is 22.0. The molecular weight excluding hydrogens is 314 g/mol. The fraction of sp³-hybridized carbons (Fsp3) is 0.857. The molecule has 1 aliphatic rings. The van der Waals surface area contributed by atoms with Gasteiger partial charge in [-0.3, -0.25) is 0 Å². The van der Waals surface area contributed by atoms with Gasteiger partial charge in [-0.2, -0.15) is 0 Å². The number of amides is 1. The number of hydrogen-bond donors (Lipinski definition) is 2. The normalized spacial score (nSPS) is 20.0. The number of ether oxygens (including phenoxy) is 1. The molecule has 1 rings (SSSR count). The molecule has 0 radical (unpaired) electrons. The third kappa shape index (κ3) is 8.75. The first-order valence-corrected chi connectivity index (χ1v) is 9.92. The van der Waals surface area contributed by atoms with Crippen molar-refractivity contribution in [3.63, 3.8) is 0 Å². The van der Waals surface area contributed by atoms with Crippen molar-refractivity contribution in [1.29, 1.82) is 0 Å². The molecule has 146 valence electrons. The van der Waals surface area contributed by atoms with Crippen LogP contribution in [0.3, 0.4) is 0 Å². The van der Waals surface area contributed by atoms with Crippen molar-refractivity contribution in [3.8, 4) is 0 Å². The summed E-state index contributed by atoms with van der Waals surface area (Å²) in [5, 5.41) is 13.7. The predicted octanol–water partition coefficient (Wildman–Crippen LogP) is 5.06. The van der Waals surface area contributed by atoms with Crippen LogP contribution in [0.2, 0.25) is 0 Å². The smallest absolute Gasteiger partial charge is 0.407 e. The molecule has 1 amide bonds. The molecule has 4 nitrogen and oxygen atoms in total. The Kier molecular flexibility index (Phi) is 8.98. The van der Waals surface area contributed by atoms with Crippen LogP contribution in [-0.2, 0) is 4.74 Å². The van der Waals surface area contributed by atoms with E-state index >= 15 is 0 Å². The van der Waals surface area contributed by atoms with E-state index in [4.69, 9.17) is 4.74 Å². The third-order valence-corrected chi connectivity index (χ3v) is 5.08. The van der Waals surface area contributed by atoms with Gasteiger partial charge in [0, 0.05) is 12.0 Å². The van der Waals surface area contributed by atoms with Crippen LogP contribution < -0.4 is 5.32 Å². The molecule has 1 fully saturated rings. The second-order valence-electron chi connectivity index (χ2n) is 8.94. The van der Waals surface area contributed by atoms with E-state index in [9.17, 15) is 9.90 Å². The van der Waals surface area contributed by atoms with Gasteiger partial charge in [-0.25, -0.2) is 4.79 Å². The Labute approximate surface area is 154 Å². The maximum absolute atomic E-state index is 12.2. The molecule has 0 heterocycles. The molecule has 2 N–H and O–H groups in total. The van der Waals surface area contributed by atoms with Crippen molar-refractivity contribution in [1.82, 2.24) is 5.32 Å². The van der Waals surface area contributed by atoms with E-state index in [0.29, 0.717) is 18.3 Å². The highest BCUT2D eigenvalue weighted by Gasteiger charge is 2.28. The van der Waals surface area contributed by atoms with E-state index < -0.39 is 11.7 Å². The summed E-state index contributed by atoms with van der Waals surface area (Å²) in [6.45, 7) is 13.6. The number of aliphatic hydroxyl groups excluding tert-OH is 1. The van der Waals surface area contributed by atoms with E-state index in [1.807, 2.05) is 26.8 Å². The summed E-state index contributed by atoms with van der Waals surface area (Å²) >= 11 is 0. The first-order chi connectivity index (χ1) is 11.6. The van der Waals surface area contributed by atoms with Crippen LogP contribution >= 0.6 is 0 Å². The summed E-state index contributed by atoms with van der Waals surface area (Å²) in [6.07, 6.45) is 8.70. The van der Waals surface area contributed by atoms with E-state index in [0.717, 1.165) is 6.42 Å². The topological polar surface area (TPSA) is 58.6 Å². The van der Waals surface area contributed by atoms with Gasteiger partial charge in [-0.1, -0.05) is 52.0 Å². The van der Waals surface area contributed by atoms with Gasteiger partial charge in [0.1, 0.15) is 5.60 Å². The van der Waals surface area contributed by atoms with E-state index in [1.165, 1.54) is 32.1 Å². The second kappa shape index (κ2) is 10.2. The number of rotatable bonds is 8. The Balaban J connectivity index is 2.71. The van der Waals surface area contributed by atoms with Crippen molar-refractivity contribution in [3.05, 3.63) is 12.7 Å². The zero-order valence-electron chi connectivity index (χ0n) is 16.9. The van der Waals surface area contributed by atoms with Crippen LogP contribution in [-0.4, -0.2) is 28.9 Å².